The molecule has 1 amide bonds. The van der Waals surface area contributed by atoms with Crippen LogP contribution in [-0.2, 0) is 10.2 Å². The van der Waals surface area contributed by atoms with Crippen molar-refractivity contribution in [2.45, 2.75) is 58.3 Å². The zero-order chi connectivity index (χ0) is 20.4. The van der Waals surface area contributed by atoms with Crippen molar-refractivity contribution in [3.05, 3.63) is 42.1 Å². The summed E-state index contributed by atoms with van der Waals surface area (Å²) in [5.41, 5.74) is 1.85. The van der Waals surface area contributed by atoms with Gasteiger partial charge in [0.1, 0.15) is 5.82 Å². The molecule has 1 N–H and O–H groups in total. The van der Waals surface area contributed by atoms with E-state index >= 15 is 0 Å². The normalized spacial score (nSPS) is 22.9. The Morgan fingerprint density at radius 3 is 2.55 bits per heavy atom. The zero-order valence-corrected chi connectivity index (χ0v) is 18.0. The zero-order valence-electron chi connectivity index (χ0n) is 18.0. The van der Waals surface area contributed by atoms with Gasteiger partial charge in [0.2, 0.25) is 5.91 Å². The third kappa shape index (κ3) is 4.72. The minimum absolute atomic E-state index is 0.0526. The molecule has 0 spiro atoms. The first-order chi connectivity index (χ1) is 13.9. The van der Waals surface area contributed by atoms with Gasteiger partial charge in [-0.1, -0.05) is 58.2 Å². The van der Waals surface area contributed by atoms with Gasteiger partial charge in [-0.3, -0.25) is 9.69 Å². The van der Waals surface area contributed by atoms with E-state index in [9.17, 15) is 4.79 Å². The lowest BCUT2D eigenvalue weighted by Crippen LogP contribution is -2.44. The SMILES string of the molecule is CC(C)(C)c1cc(NC(=O)CN2CC[C@H]3CCCC[C@@H]3C2)n(-c2ccccc2)n1. The van der Waals surface area contributed by atoms with Crippen LogP contribution < -0.4 is 5.32 Å². The van der Waals surface area contributed by atoms with E-state index in [0.29, 0.717) is 6.54 Å². The number of piperidine rings is 1. The Morgan fingerprint density at radius 1 is 1.10 bits per heavy atom. The van der Waals surface area contributed by atoms with Gasteiger partial charge in [0.15, 0.2) is 0 Å². The number of benzene rings is 1. The fraction of sp³-hybridized carbons (Fsp3) is 0.583. The van der Waals surface area contributed by atoms with Gasteiger partial charge in [-0.05, 0) is 43.4 Å². The van der Waals surface area contributed by atoms with Gasteiger partial charge in [0.25, 0.3) is 0 Å². The summed E-state index contributed by atoms with van der Waals surface area (Å²) in [5.74, 6) is 2.47. The number of carbonyl (C=O) groups is 1. The minimum Gasteiger partial charge on any atom is -0.309 e. The molecule has 5 nitrogen and oxygen atoms in total. The van der Waals surface area contributed by atoms with Crippen molar-refractivity contribution < 1.29 is 4.79 Å². The molecule has 156 valence electrons. The molecule has 29 heavy (non-hydrogen) atoms. The van der Waals surface area contributed by atoms with E-state index in [1.807, 2.05) is 41.1 Å². The first-order valence-corrected chi connectivity index (χ1v) is 11.1. The van der Waals surface area contributed by atoms with Crippen molar-refractivity contribution in [1.82, 2.24) is 14.7 Å². The van der Waals surface area contributed by atoms with Gasteiger partial charge < -0.3 is 5.32 Å². The molecule has 2 heterocycles. The number of rotatable bonds is 4. The molecular formula is C24H34N4O. The molecule has 1 aliphatic carbocycles. The third-order valence-corrected chi connectivity index (χ3v) is 6.49. The fourth-order valence-corrected chi connectivity index (χ4v) is 4.81. The van der Waals surface area contributed by atoms with E-state index in [0.717, 1.165) is 42.1 Å². The van der Waals surface area contributed by atoms with Crippen LogP contribution in [0.2, 0.25) is 0 Å². The predicted octanol–water partition coefficient (Wildman–Crippen LogP) is 4.62. The Bertz CT molecular complexity index is 836. The van der Waals surface area contributed by atoms with E-state index in [4.69, 9.17) is 5.10 Å². The number of carbonyl (C=O) groups excluding carboxylic acids is 1. The number of likely N-dealkylation sites (tertiary alicyclic amines) is 1. The Labute approximate surface area is 174 Å². The van der Waals surface area contributed by atoms with Gasteiger partial charge in [0.05, 0.1) is 17.9 Å². The lowest BCUT2D eigenvalue weighted by atomic mass is 9.75. The molecule has 0 radical (unpaired) electrons. The van der Waals surface area contributed by atoms with Crippen molar-refractivity contribution in [2.75, 3.05) is 25.0 Å². The molecule has 2 aliphatic rings. The number of aromatic nitrogens is 2. The van der Waals surface area contributed by atoms with Crippen molar-refractivity contribution in [3.8, 4) is 5.69 Å². The quantitative estimate of drug-likeness (QED) is 0.823. The highest BCUT2D eigenvalue weighted by Gasteiger charge is 2.31. The summed E-state index contributed by atoms with van der Waals surface area (Å²) in [6.07, 6.45) is 6.71. The average Bonchev–Trinajstić information content (AvgIpc) is 3.12. The second kappa shape index (κ2) is 8.31. The Morgan fingerprint density at radius 2 is 1.83 bits per heavy atom. The molecule has 2 atom stereocenters. The van der Waals surface area contributed by atoms with E-state index in [1.54, 1.807) is 0 Å². The van der Waals surface area contributed by atoms with Crippen LogP contribution in [0.4, 0.5) is 5.82 Å². The second-order valence-corrected chi connectivity index (χ2v) is 9.79. The molecule has 1 aromatic heterocycles. The van der Waals surface area contributed by atoms with Gasteiger partial charge in [-0.15, -0.1) is 0 Å². The fourth-order valence-electron chi connectivity index (χ4n) is 4.81. The summed E-state index contributed by atoms with van der Waals surface area (Å²) < 4.78 is 1.85. The number of anilines is 1. The van der Waals surface area contributed by atoms with Crippen LogP contribution in [0.25, 0.3) is 5.69 Å². The molecule has 2 aromatic rings. The monoisotopic (exact) mass is 394 g/mol. The van der Waals surface area contributed by atoms with Crippen LogP contribution in [0, 0.1) is 11.8 Å². The first-order valence-electron chi connectivity index (χ1n) is 11.1. The summed E-state index contributed by atoms with van der Waals surface area (Å²) >= 11 is 0. The first kappa shape index (κ1) is 20.1. The highest BCUT2D eigenvalue weighted by atomic mass is 16.2. The van der Waals surface area contributed by atoms with Gasteiger partial charge in [0, 0.05) is 18.0 Å². The molecule has 1 saturated carbocycles. The van der Waals surface area contributed by atoms with Gasteiger partial charge >= 0.3 is 0 Å². The molecule has 1 aromatic carbocycles. The number of amides is 1. The van der Waals surface area contributed by atoms with Crippen LogP contribution in [0.1, 0.15) is 58.6 Å². The van der Waals surface area contributed by atoms with E-state index in [1.165, 1.54) is 32.1 Å². The number of nitrogens with one attached hydrogen (secondary N) is 1. The maximum absolute atomic E-state index is 12.9. The molecule has 5 heteroatoms. The lowest BCUT2D eigenvalue weighted by molar-refractivity contribution is -0.118. The maximum atomic E-state index is 12.9. The number of hydrogen-bond acceptors (Lipinski definition) is 3. The van der Waals surface area contributed by atoms with Crippen molar-refractivity contribution in [1.29, 1.82) is 0 Å². The van der Waals surface area contributed by atoms with E-state index < -0.39 is 0 Å². The second-order valence-electron chi connectivity index (χ2n) is 9.79. The van der Waals surface area contributed by atoms with Gasteiger partial charge in [-0.25, -0.2) is 4.68 Å². The van der Waals surface area contributed by atoms with Crippen LogP contribution >= 0.6 is 0 Å². The number of nitrogens with zero attached hydrogens (tertiary/aromatic N) is 3. The van der Waals surface area contributed by atoms with Crippen molar-refractivity contribution >= 4 is 11.7 Å². The number of hydrogen-bond donors (Lipinski definition) is 1. The maximum Gasteiger partial charge on any atom is 0.239 e. The Hall–Kier alpha value is -2.14. The van der Waals surface area contributed by atoms with Crippen LogP contribution in [0.15, 0.2) is 36.4 Å². The van der Waals surface area contributed by atoms with Crippen molar-refractivity contribution in [3.63, 3.8) is 0 Å². The van der Waals surface area contributed by atoms with Crippen LogP contribution in [0.5, 0.6) is 0 Å². The molecule has 1 saturated heterocycles. The predicted molar refractivity (Wildman–Crippen MR) is 117 cm³/mol. The highest BCUT2D eigenvalue weighted by Crippen LogP contribution is 2.36. The van der Waals surface area contributed by atoms with E-state index in [2.05, 4.69) is 31.0 Å². The third-order valence-electron chi connectivity index (χ3n) is 6.49. The Balaban J connectivity index is 1.47. The molecule has 0 unspecified atom stereocenters. The topological polar surface area (TPSA) is 50.2 Å². The van der Waals surface area contributed by atoms with Crippen LogP contribution in [-0.4, -0.2) is 40.2 Å². The minimum atomic E-state index is -0.0810. The molecule has 2 fully saturated rings. The lowest BCUT2D eigenvalue weighted by Gasteiger charge is -2.41. The smallest absolute Gasteiger partial charge is 0.239 e. The van der Waals surface area contributed by atoms with Gasteiger partial charge in [-0.2, -0.15) is 5.10 Å². The molecule has 1 aliphatic heterocycles. The standard InChI is InChI=1S/C24H34N4O/c1-24(2,3)21-15-22(28(26-21)20-11-5-4-6-12-20)25-23(29)17-27-14-13-18-9-7-8-10-19(18)16-27/h4-6,11-12,15,18-19H,7-10,13-14,16-17H2,1-3H3,(H,25,29)/t18-,19-/m1/s1. The summed E-state index contributed by atoms with van der Waals surface area (Å²) in [7, 11) is 0. The van der Waals surface area contributed by atoms with Crippen LogP contribution in [0.3, 0.4) is 0 Å². The summed E-state index contributed by atoms with van der Waals surface area (Å²) in [5, 5.41) is 7.93. The molecule has 4 rings (SSSR count). The van der Waals surface area contributed by atoms with E-state index in [-0.39, 0.29) is 11.3 Å². The summed E-state index contributed by atoms with van der Waals surface area (Å²) in [4.78, 5) is 15.2. The molecule has 0 bridgehead atoms. The Kier molecular flexibility index (Phi) is 5.77. The molecular weight excluding hydrogens is 360 g/mol. The highest BCUT2D eigenvalue weighted by molar-refractivity contribution is 5.91. The van der Waals surface area contributed by atoms with Crippen molar-refractivity contribution in [2.24, 2.45) is 11.8 Å². The summed E-state index contributed by atoms with van der Waals surface area (Å²) in [6.45, 7) is 9.01. The number of fused-ring (bicyclic) bond motifs is 1. The largest absolute Gasteiger partial charge is 0.309 e. The summed E-state index contributed by atoms with van der Waals surface area (Å²) in [6, 6.07) is 12.0. The number of para-hydroxylation sites is 1. The average molecular weight is 395 g/mol.